The van der Waals surface area contributed by atoms with Crippen LogP contribution in [-0.2, 0) is 0 Å². The quantitative estimate of drug-likeness (QED) is 0.808. The maximum atomic E-state index is 3.63. The number of nitrogens with one attached hydrogen (secondary N) is 1. The number of hydrogen-bond acceptors (Lipinski definition) is 2. The Labute approximate surface area is 108 Å². The van der Waals surface area contributed by atoms with Gasteiger partial charge in [0.05, 0.1) is 0 Å². The molecular weight excluding hydrogens is 227 g/mol. The summed E-state index contributed by atoms with van der Waals surface area (Å²) in [5.74, 6) is 0. The van der Waals surface area contributed by atoms with Gasteiger partial charge in [0.1, 0.15) is 0 Å². The first-order valence-electron chi connectivity index (χ1n) is 6.57. The Morgan fingerprint density at radius 3 is 2.35 bits per heavy atom. The molecule has 1 N–H and O–H groups in total. The van der Waals surface area contributed by atoms with Crippen molar-refractivity contribution in [3.05, 3.63) is 29.8 Å². The van der Waals surface area contributed by atoms with Gasteiger partial charge in [-0.1, -0.05) is 41.4 Å². The smallest absolute Gasteiger partial charge is 0.0372 e. The summed E-state index contributed by atoms with van der Waals surface area (Å²) in [6.45, 7) is 8.51. The molecule has 0 aromatic heterocycles. The van der Waals surface area contributed by atoms with Crippen LogP contribution >= 0.6 is 9.39 Å². The number of benzene rings is 1. The molecule has 96 valence electrons. The molecule has 1 aliphatic rings. The third kappa shape index (κ3) is 4.65. The van der Waals surface area contributed by atoms with Gasteiger partial charge in [0, 0.05) is 24.8 Å². The number of rotatable bonds is 2. The van der Waals surface area contributed by atoms with Gasteiger partial charge < -0.3 is 5.32 Å². The van der Waals surface area contributed by atoms with E-state index in [1.807, 2.05) is 13.8 Å². The topological polar surface area (TPSA) is 15.3 Å². The second-order valence-corrected chi connectivity index (χ2v) is 5.00. The average Bonchev–Trinajstić information content (AvgIpc) is 2.37. The average molecular weight is 252 g/mol. The predicted molar refractivity (Wildman–Crippen MR) is 80.5 cm³/mol. The lowest BCUT2D eigenvalue weighted by Crippen LogP contribution is -2.34. The molecule has 0 spiro atoms. The number of aryl methyl sites for hydroxylation is 1. The first-order chi connectivity index (χ1) is 8.25. The largest absolute Gasteiger partial charge is 0.382 e. The Balaban J connectivity index is 0.000000686. The van der Waals surface area contributed by atoms with Crippen molar-refractivity contribution >= 4 is 15.1 Å². The molecule has 0 amide bonds. The van der Waals surface area contributed by atoms with E-state index < -0.39 is 0 Å². The summed E-state index contributed by atoms with van der Waals surface area (Å²) in [6, 6.07) is 9.16. The molecule has 1 heterocycles. The zero-order valence-electron chi connectivity index (χ0n) is 11.2. The number of anilines is 1. The summed E-state index contributed by atoms with van der Waals surface area (Å²) in [7, 11) is 2.79. The molecule has 1 unspecified atom stereocenters. The minimum absolute atomic E-state index is 0.642. The fraction of sp³-hybridized carbons (Fsp3) is 0.571. The summed E-state index contributed by atoms with van der Waals surface area (Å²) in [5.41, 5.74) is 2.63. The minimum atomic E-state index is 0.642. The number of hydrogen-bond donors (Lipinski definition) is 1. The first-order valence-corrected chi connectivity index (χ1v) is 7.09. The molecular formula is C14H25N2P. The monoisotopic (exact) mass is 252 g/mol. The lowest BCUT2D eigenvalue weighted by Gasteiger charge is -2.30. The van der Waals surface area contributed by atoms with Gasteiger partial charge in [-0.05, 0) is 31.4 Å². The molecule has 3 heteroatoms. The van der Waals surface area contributed by atoms with Gasteiger partial charge in [-0.25, -0.2) is 0 Å². The van der Waals surface area contributed by atoms with E-state index in [-0.39, 0.29) is 0 Å². The normalized spacial score (nSPS) is 17.2. The number of piperidine rings is 1. The highest BCUT2D eigenvalue weighted by molar-refractivity contribution is 7.13. The highest BCUT2D eigenvalue weighted by atomic mass is 31.0. The third-order valence-corrected chi connectivity index (χ3v) is 3.55. The summed E-state index contributed by atoms with van der Waals surface area (Å²) in [6.07, 6.45) is 2.47. The molecule has 2 rings (SSSR count). The number of nitrogens with zero attached hydrogens (tertiary/aromatic N) is 1. The Morgan fingerprint density at radius 1 is 1.18 bits per heavy atom. The zero-order chi connectivity index (χ0) is 12.7. The van der Waals surface area contributed by atoms with E-state index in [0.717, 1.165) is 0 Å². The van der Waals surface area contributed by atoms with Crippen molar-refractivity contribution in [1.29, 1.82) is 0 Å². The molecule has 0 bridgehead atoms. The van der Waals surface area contributed by atoms with Gasteiger partial charge in [-0.15, -0.1) is 0 Å². The third-order valence-electron chi connectivity index (χ3n) is 3.03. The van der Waals surface area contributed by atoms with E-state index >= 15 is 0 Å². The van der Waals surface area contributed by atoms with Crippen LogP contribution < -0.4 is 5.32 Å². The van der Waals surface area contributed by atoms with Crippen molar-refractivity contribution < 1.29 is 0 Å². The summed E-state index contributed by atoms with van der Waals surface area (Å²) in [4.78, 5) is 0. The molecule has 1 saturated heterocycles. The van der Waals surface area contributed by atoms with Crippen LogP contribution in [0.25, 0.3) is 0 Å². The summed E-state index contributed by atoms with van der Waals surface area (Å²) >= 11 is 0. The molecule has 1 aliphatic heterocycles. The number of para-hydroxylation sites is 1. The van der Waals surface area contributed by atoms with Crippen molar-refractivity contribution in [3.63, 3.8) is 0 Å². The van der Waals surface area contributed by atoms with Crippen molar-refractivity contribution in [1.82, 2.24) is 4.67 Å². The molecule has 0 radical (unpaired) electrons. The molecule has 0 saturated carbocycles. The standard InChI is InChI=1S/C12H19N2P.C2H6/c1-10-4-2-3-5-12(10)13-11-6-8-14(15)9-7-11;1-2/h2-5,11,13H,6-9,15H2,1H3;1-2H3. The second-order valence-electron chi connectivity index (χ2n) is 4.27. The molecule has 2 nitrogen and oxygen atoms in total. The molecule has 1 atom stereocenters. The maximum absolute atomic E-state index is 3.63. The zero-order valence-corrected chi connectivity index (χ0v) is 12.4. The van der Waals surface area contributed by atoms with Gasteiger partial charge in [0.2, 0.25) is 0 Å². The van der Waals surface area contributed by atoms with Crippen molar-refractivity contribution in [2.24, 2.45) is 0 Å². The fourth-order valence-electron chi connectivity index (χ4n) is 2.00. The first kappa shape index (κ1) is 14.5. The van der Waals surface area contributed by atoms with Gasteiger partial charge in [-0.2, -0.15) is 0 Å². The molecule has 1 aromatic rings. The highest BCUT2D eigenvalue weighted by Gasteiger charge is 2.16. The summed E-state index contributed by atoms with van der Waals surface area (Å²) in [5, 5.41) is 3.63. The van der Waals surface area contributed by atoms with Gasteiger partial charge in [0.25, 0.3) is 0 Å². The van der Waals surface area contributed by atoms with Crippen LogP contribution in [0.2, 0.25) is 0 Å². The lowest BCUT2D eigenvalue weighted by molar-refractivity contribution is 0.357. The SMILES string of the molecule is CC.Cc1ccccc1NC1CCN(P)CC1. The Morgan fingerprint density at radius 2 is 1.76 bits per heavy atom. The van der Waals surface area contributed by atoms with Crippen molar-refractivity contribution in [2.45, 2.75) is 39.7 Å². The maximum Gasteiger partial charge on any atom is 0.0372 e. The van der Waals surface area contributed by atoms with Gasteiger partial charge in [-0.3, -0.25) is 4.67 Å². The molecule has 1 fully saturated rings. The van der Waals surface area contributed by atoms with E-state index in [1.54, 1.807) is 0 Å². The summed E-state index contributed by atoms with van der Waals surface area (Å²) < 4.78 is 2.32. The van der Waals surface area contributed by atoms with E-state index in [2.05, 4.69) is 50.6 Å². The Kier molecular flexibility index (Phi) is 6.54. The van der Waals surface area contributed by atoms with Crippen LogP contribution in [0.1, 0.15) is 32.3 Å². The second kappa shape index (κ2) is 7.68. The van der Waals surface area contributed by atoms with E-state index in [0.29, 0.717) is 6.04 Å². The molecule has 1 aromatic carbocycles. The highest BCUT2D eigenvalue weighted by Crippen LogP contribution is 2.20. The van der Waals surface area contributed by atoms with Crippen LogP contribution in [-0.4, -0.2) is 23.8 Å². The van der Waals surface area contributed by atoms with Crippen LogP contribution in [0.4, 0.5) is 5.69 Å². The van der Waals surface area contributed by atoms with E-state index in [1.165, 1.54) is 37.2 Å². The Bertz CT molecular complexity index is 320. The van der Waals surface area contributed by atoms with Crippen LogP contribution in [0, 0.1) is 6.92 Å². The van der Waals surface area contributed by atoms with E-state index in [9.17, 15) is 0 Å². The van der Waals surface area contributed by atoms with Crippen LogP contribution in [0.5, 0.6) is 0 Å². The fourth-order valence-corrected chi connectivity index (χ4v) is 2.30. The van der Waals surface area contributed by atoms with Crippen molar-refractivity contribution in [3.8, 4) is 0 Å². The van der Waals surface area contributed by atoms with Gasteiger partial charge in [0.15, 0.2) is 0 Å². The Hall–Kier alpha value is -0.590. The predicted octanol–water partition coefficient (Wildman–Crippen LogP) is 3.69. The van der Waals surface area contributed by atoms with Crippen LogP contribution in [0.3, 0.4) is 0 Å². The van der Waals surface area contributed by atoms with Crippen LogP contribution in [0.15, 0.2) is 24.3 Å². The molecule has 17 heavy (non-hydrogen) atoms. The van der Waals surface area contributed by atoms with Crippen molar-refractivity contribution in [2.75, 3.05) is 18.4 Å². The van der Waals surface area contributed by atoms with E-state index in [4.69, 9.17) is 0 Å². The lowest BCUT2D eigenvalue weighted by atomic mass is 10.1. The minimum Gasteiger partial charge on any atom is -0.382 e. The van der Waals surface area contributed by atoms with Gasteiger partial charge >= 0.3 is 0 Å². The molecule has 0 aliphatic carbocycles.